The minimum atomic E-state index is 0.109. The number of amides is 1. The third-order valence-electron chi connectivity index (χ3n) is 5.67. The Bertz CT molecular complexity index is 977. The highest BCUT2D eigenvalue weighted by molar-refractivity contribution is 5.98. The monoisotopic (exact) mass is 332 g/mol. The molecule has 5 rings (SSSR count). The maximum absolute atomic E-state index is 13.2. The van der Waals surface area contributed by atoms with Crippen LogP contribution in [0.2, 0.25) is 0 Å². The van der Waals surface area contributed by atoms with E-state index < -0.39 is 0 Å². The highest BCUT2D eigenvalue weighted by Crippen LogP contribution is 2.42. The molecule has 1 amide bonds. The van der Waals surface area contributed by atoms with Gasteiger partial charge in [0, 0.05) is 24.1 Å². The first-order valence-corrected chi connectivity index (χ1v) is 8.85. The van der Waals surface area contributed by atoms with Crippen LogP contribution in [0.1, 0.15) is 40.2 Å². The molecule has 3 N–H and O–H groups in total. The summed E-state index contributed by atoms with van der Waals surface area (Å²) in [6, 6.07) is 14.5. The SMILES string of the molecule is Nc1nc2ccc(C(=O)N3CCC[C@@H]4c5ccccc5C[C@@H]43)cc2[nH]1. The average Bonchev–Trinajstić information content (AvgIpc) is 3.19. The van der Waals surface area contributed by atoms with Crippen LogP contribution in [0.4, 0.5) is 5.95 Å². The molecule has 5 heteroatoms. The van der Waals surface area contributed by atoms with Crippen molar-refractivity contribution in [3.8, 4) is 0 Å². The second-order valence-electron chi connectivity index (χ2n) is 7.07. The van der Waals surface area contributed by atoms with Gasteiger partial charge in [0.15, 0.2) is 5.95 Å². The van der Waals surface area contributed by atoms with Gasteiger partial charge >= 0.3 is 0 Å². The fraction of sp³-hybridized carbons (Fsp3) is 0.300. The number of carbonyl (C=O) groups is 1. The molecular formula is C20H20N4O. The third-order valence-corrected chi connectivity index (χ3v) is 5.67. The number of H-pyrrole nitrogens is 1. The molecule has 0 bridgehead atoms. The van der Waals surface area contributed by atoms with Crippen molar-refractivity contribution in [1.82, 2.24) is 14.9 Å². The first kappa shape index (κ1) is 14.5. The van der Waals surface area contributed by atoms with Crippen LogP contribution in [0.5, 0.6) is 0 Å². The summed E-state index contributed by atoms with van der Waals surface area (Å²) in [6.45, 7) is 0.830. The molecule has 2 aliphatic rings. The number of hydrogen-bond donors (Lipinski definition) is 2. The molecule has 2 atom stereocenters. The lowest BCUT2D eigenvalue weighted by atomic mass is 9.88. The fourth-order valence-electron chi connectivity index (χ4n) is 4.56. The lowest BCUT2D eigenvalue weighted by molar-refractivity contribution is 0.0595. The molecule has 0 radical (unpaired) electrons. The van der Waals surface area contributed by atoms with E-state index in [9.17, 15) is 4.79 Å². The molecule has 1 aliphatic heterocycles. The minimum Gasteiger partial charge on any atom is -0.369 e. The van der Waals surface area contributed by atoms with E-state index in [2.05, 4.69) is 39.1 Å². The molecule has 0 saturated carbocycles. The second-order valence-corrected chi connectivity index (χ2v) is 7.07. The van der Waals surface area contributed by atoms with E-state index in [1.165, 1.54) is 17.5 Å². The van der Waals surface area contributed by atoms with Crippen LogP contribution in [0.3, 0.4) is 0 Å². The van der Waals surface area contributed by atoms with Gasteiger partial charge in [-0.05, 0) is 48.6 Å². The zero-order valence-electron chi connectivity index (χ0n) is 13.9. The highest BCUT2D eigenvalue weighted by atomic mass is 16.2. The Morgan fingerprint density at radius 2 is 2.12 bits per heavy atom. The topological polar surface area (TPSA) is 75.0 Å². The molecule has 25 heavy (non-hydrogen) atoms. The standard InChI is InChI=1S/C20H20N4O/c21-20-22-16-8-7-13(10-17(16)23-20)19(25)24-9-3-6-15-14-5-2-1-4-12(14)11-18(15)24/h1-2,4-5,7-8,10,15,18H,3,6,9,11H2,(H3,21,22,23)/t15-,18+/m1/s1. The first-order valence-electron chi connectivity index (χ1n) is 8.85. The summed E-state index contributed by atoms with van der Waals surface area (Å²) in [7, 11) is 0. The number of nitrogens with zero attached hydrogens (tertiary/aromatic N) is 2. The molecule has 1 aromatic heterocycles. The number of aromatic nitrogens is 2. The Kier molecular flexibility index (Phi) is 3.10. The van der Waals surface area contributed by atoms with Crippen molar-refractivity contribution < 1.29 is 4.79 Å². The molecule has 0 spiro atoms. The zero-order chi connectivity index (χ0) is 17.0. The number of rotatable bonds is 1. The molecule has 5 nitrogen and oxygen atoms in total. The number of nitrogens with one attached hydrogen (secondary N) is 1. The van der Waals surface area contributed by atoms with E-state index in [0.29, 0.717) is 17.4 Å². The van der Waals surface area contributed by atoms with Gasteiger partial charge in [0.2, 0.25) is 0 Å². The van der Waals surface area contributed by atoms with Crippen molar-refractivity contribution in [2.45, 2.75) is 31.2 Å². The Balaban J connectivity index is 1.48. The lowest BCUT2D eigenvalue weighted by Gasteiger charge is -2.38. The van der Waals surface area contributed by atoms with Gasteiger partial charge in [-0.15, -0.1) is 0 Å². The molecule has 2 heterocycles. The van der Waals surface area contributed by atoms with E-state index >= 15 is 0 Å². The Morgan fingerprint density at radius 3 is 3.04 bits per heavy atom. The average molecular weight is 332 g/mol. The normalized spacial score (nSPS) is 22.0. The maximum Gasteiger partial charge on any atom is 0.254 e. The number of fused-ring (bicyclic) bond motifs is 4. The predicted molar refractivity (Wildman–Crippen MR) is 97.5 cm³/mol. The zero-order valence-corrected chi connectivity index (χ0v) is 13.9. The molecule has 1 aliphatic carbocycles. The van der Waals surface area contributed by atoms with Crippen molar-refractivity contribution >= 4 is 22.9 Å². The van der Waals surface area contributed by atoms with Gasteiger partial charge in [-0.2, -0.15) is 0 Å². The summed E-state index contributed by atoms with van der Waals surface area (Å²) in [4.78, 5) is 22.5. The molecule has 126 valence electrons. The van der Waals surface area contributed by atoms with Crippen LogP contribution < -0.4 is 5.73 Å². The van der Waals surface area contributed by atoms with Crippen LogP contribution in [0, 0.1) is 0 Å². The van der Waals surface area contributed by atoms with Crippen molar-refractivity contribution in [3.63, 3.8) is 0 Å². The maximum atomic E-state index is 13.2. The summed E-state index contributed by atoms with van der Waals surface area (Å²) in [5.74, 6) is 0.960. The van der Waals surface area contributed by atoms with E-state index in [-0.39, 0.29) is 11.9 Å². The van der Waals surface area contributed by atoms with Gasteiger partial charge < -0.3 is 15.6 Å². The number of nitrogens with two attached hydrogens (primary N) is 1. The van der Waals surface area contributed by atoms with Crippen LogP contribution in [-0.2, 0) is 6.42 Å². The summed E-state index contributed by atoms with van der Waals surface area (Å²) in [5.41, 5.74) is 10.8. The summed E-state index contributed by atoms with van der Waals surface area (Å²) in [5, 5.41) is 0. The summed E-state index contributed by atoms with van der Waals surface area (Å²) < 4.78 is 0. The largest absolute Gasteiger partial charge is 0.369 e. The number of nitrogen functional groups attached to an aromatic ring is 1. The van der Waals surface area contributed by atoms with Gasteiger partial charge in [-0.25, -0.2) is 4.98 Å². The fourth-order valence-corrected chi connectivity index (χ4v) is 4.56. The van der Waals surface area contributed by atoms with Gasteiger partial charge in [0.05, 0.1) is 11.0 Å². The quantitative estimate of drug-likeness (QED) is 0.719. The van der Waals surface area contributed by atoms with Crippen LogP contribution in [0.15, 0.2) is 42.5 Å². The van der Waals surface area contributed by atoms with Crippen molar-refractivity contribution in [2.75, 3.05) is 12.3 Å². The summed E-state index contributed by atoms with van der Waals surface area (Å²) in [6.07, 6.45) is 3.19. The van der Waals surface area contributed by atoms with Crippen LogP contribution >= 0.6 is 0 Å². The molecule has 2 aromatic carbocycles. The number of imidazole rings is 1. The first-order chi connectivity index (χ1) is 12.2. The Morgan fingerprint density at radius 1 is 1.24 bits per heavy atom. The number of aromatic amines is 1. The Hall–Kier alpha value is -2.82. The van der Waals surface area contributed by atoms with E-state index in [4.69, 9.17) is 5.73 Å². The second kappa shape index (κ2) is 5.34. The Labute approximate surface area is 145 Å². The summed E-state index contributed by atoms with van der Waals surface area (Å²) >= 11 is 0. The number of carbonyl (C=O) groups excluding carboxylic acids is 1. The number of likely N-dealkylation sites (tertiary alicyclic amines) is 1. The van der Waals surface area contributed by atoms with Gasteiger partial charge in [0.25, 0.3) is 5.91 Å². The van der Waals surface area contributed by atoms with E-state index in [1.807, 2.05) is 18.2 Å². The van der Waals surface area contributed by atoms with Gasteiger partial charge in [-0.3, -0.25) is 4.79 Å². The number of piperidine rings is 1. The van der Waals surface area contributed by atoms with Crippen LogP contribution in [-0.4, -0.2) is 33.4 Å². The predicted octanol–water partition coefficient (Wildman–Crippen LogP) is 3.09. The molecule has 3 aromatic rings. The van der Waals surface area contributed by atoms with Crippen molar-refractivity contribution in [2.24, 2.45) is 0 Å². The third kappa shape index (κ3) is 2.22. The minimum absolute atomic E-state index is 0.109. The van der Waals surface area contributed by atoms with E-state index in [0.717, 1.165) is 30.4 Å². The van der Waals surface area contributed by atoms with Crippen molar-refractivity contribution in [3.05, 3.63) is 59.2 Å². The number of benzene rings is 2. The highest BCUT2D eigenvalue weighted by Gasteiger charge is 2.40. The van der Waals surface area contributed by atoms with Crippen LogP contribution in [0.25, 0.3) is 11.0 Å². The van der Waals surface area contributed by atoms with Gasteiger partial charge in [-0.1, -0.05) is 24.3 Å². The van der Waals surface area contributed by atoms with Crippen molar-refractivity contribution in [1.29, 1.82) is 0 Å². The number of hydrogen-bond acceptors (Lipinski definition) is 3. The smallest absolute Gasteiger partial charge is 0.254 e. The van der Waals surface area contributed by atoms with E-state index in [1.54, 1.807) is 0 Å². The molecule has 0 unspecified atom stereocenters. The molecular weight excluding hydrogens is 312 g/mol. The molecule has 1 saturated heterocycles. The number of anilines is 1. The van der Waals surface area contributed by atoms with Gasteiger partial charge in [0.1, 0.15) is 0 Å². The lowest BCUT2D eigenvalue weighted by Crippen LogP contribution is -2.46. The molecule has 1 fully saturated rings.